The Hall–Kier alpha value is -2.62. The number of aromatic carboxylic acids is 1. The van der Waals surface area contributed by atoms with Gasteiger partial charge < -0.3 is 10.4 Å². The SMILES string of the molecule is O=C(O)c1ccc2c(c1)CC1(C2)C(=O)NC2=C1C=CC=CC2. The van der Waals surface area contributed by atoms with E-state index in [1.165, 1.54) is 0 Å². The molecule has 1 amide bonds. The van der Waals surface area contributed by atoms with Crippen molar-refractivity contribution in [3.8, 4) is 0 Å². The van der Waals surface area contributed by atoms with Crippen LogP contribution in [-0.4, -0.2) is 17.0 Å². The number of carbonyl (C=O) groups is 2. The summed E-state index contributed by atoms with van der Waals surface area (Å²) in [6.45, 7) is 0. The van der Waals surface area contributed by atoms with Crippen LogP contribution in [0.5, 0.6) is 0 Å². The molecule has 0 saturated heterocycles. The van der Waals surface area contributed by atoms with Crippen LogP contribution in [0.1, 0.15) is 27.9 Å². The van der Waals surface area contributed by atoms with Gasteiger partial charge in [0.25, 0.3) is 0 Å². The highest BCUT2D eigenvalue weighted by atomic mass is 16.4. The second-order valence-corrected chi connectivity index (χ2v) is 6.06. The molecule has 1 spiro atoms. The van der Waals surface area contributed by atoms with E-state index in [2.05, 4.69) is 5.32 Å². The average Bonchev–Trinajstić information content (AvgIpc) is 2.88. The molecule has 3 aliphatic rings. The van der Waals surface area contributed by atoms with Gasteiger partial charge in [0, 0.05) is 12.1 Å². The second kappa shape index (κ2) is 4.44. The van der Waals surface area contributed by atoms with Crippen LogP contribution in [0.4, 0.5) is 0 Å². The van der Waals surface area contributed by atoms with Crippen LogP contribution < -0.4 is 5.32 Å². The summed E-state index contributed by atoms with van der Waals surface area (Å²) in [4.78, 5) is 23.8. The zero-order chi connectivity index (χ0) is 15.3. The Labute approximate surface area is 127 Å². The smallest absolute Gasteiger partial charge is 0.335 e. The molecular weight excluding hydrogens is 278 g/mol. The second-order valence-electron chi connectivity index (χ2n) is 6.06. The maximum absolute atomic E-state index is 12.6. The molecule has 0 saturated carbocycles. The standard InChI is InChI=1S/C18H15NO3/c20-16(21)11-6-7-12-9-18(10-13(12)8-11)14-4-2-1-3-5-15(14)19-17(18)22/h1-4,6-8H,5,9-10H2,(H,19,22)(H,20,21). The Morgan fingerprint density at radius 2 is 2.00 bits per heavy atom. The summed E-state index contributed by atoms with van der Waals surface area (Å²) in [5.74, 6) is -0.899. The number of amides is 1. The maximum Gasteiger partial charge on any atom is 0.335 e. The van der Waals surface area contributed by atoms with Crippen LogP contribution in [0, 0.1) is 5.41 Å². The van der Waals surface area contributed by atoms with E-state index in [0.717, 1.165) is 28.8 Å². The maximum atomic E-state index is 12.6. The number of hydrogen-bond acceptors (Lipinski definition) is 2. The summed E-state index contributed by atoms with van der Waals surface area (Å²) in [6.07, 6.45) is 9.94. The predicted molar refractivity (Wildman–Crippen MR) is 81.3 cm³/mol. The summed E-state index contributed by atoms with van der Waals surface area (Å²) in [5.41, 5.74) is 3.77. The van der Waals surface area contributed by atoms with E-state index in [4.69, 9.17) is 5.11 Å². The molecule has 0 aromatic heterocycles. The Balaban J connectivity index is 1.79. The number of rotatable bonds is 1. The van der Waals surface area contributed by atoms with Gasteiger partial charge in [-0.3, -0.25) is 4.79 Å². The fraction of sp³-hybridized carbons (Fsp3) is 0.222. The van der Waals surface area contributed by atoms with Gasteiger partial charge in [0.05, 0.1) is 11.0 Å². The van der Waals surface area contributed by atoms with Crippen molar-refractivity contribution in [2.45, 2.75) is 19.3 Å². The van der Waals surface area contributed by atoms with E-state index in [9.17, 15) is 9.59 Å². The molecule has 1 atom stereocenters. The first-order valence-corrected chi connectivity index (χ1v) is 7.33. The van der Waals surface area contributed by atoms with Crippen LogP contribution in [0.3, 0.4) is 0 Å². The van der Waals surface area contributed by atoms with E-state index < -0.39 is 11.4 Å². The number of carbonyl (C=O) groups excluding carboxylic acids is 1. The lowest BCUT2D eigenvalue weighted by Crippen LogP contribution is -2.35. The van der Waals surface area contributed by atoms with E-state index >= 15 is 0 Å². The number of benzene rings is 1. The fourth-order valence-corrected chi connectivity index (χ4v) is 3.73. The monoisotopic (exact) mass is 293 g/mol. The van der Waals surface area contributed by atoms with Gasteiger partial charge >= 0.3 is 5.97 Å². The van der Waals surface area contributed by atoms with Crippen molar-refractivity contribution in [3.63, 3.8) is 0 Å². The van der Waals surface area contributed by atoms with E-state index in [1.54, 1.807) is 12.1 Å². The highest BCUT2D eigenvalue weighted by molar-refractivity contribution is 5.94. The lowest BCUT2D eigenvalue weighted by atomic mass is 9.77. The predicted octanol–water partition coefficient (Wildman–Crippen LogP) is 2.37. The lowest BCUT2D eigenvalue weighted by Gasteiger charge is -2.22. The highest BCUT2D eigenvalue weighted by Gasteiger charge is 2.50. The molecule has 0 radical (unpaired) electrons. The molecule has 0 fully saturated rings. The Bertz CT molecular complexity index is 801. The molecule has 2 N–H and O–H groups in total. The first kappa shape index (κ1) is 13.1. The molecule has 1 heterocycles. The third-order valence-electron chi connectivity index (χ3n) is 4.81. The summed E-state index contributed by atoms with van der Waals surface area (Å²) in [7, 11) is 0. The summed E-state index contributed by atoms with van der Waals surface area (Å²) in [5, 5.41) is 12.2. The van der Waals surface area contributed by atoms with Gasteiger partial charge in [-0.25, -0.2) is 4.79 Å². The van der Waals surface area contributed by atoms with Crippen molar-refractivity contribution >= 4 is 11.9 Å². The minimum atomic E-state index is -0.932. The molecule has 4 heteroatoms. The largest absolute Gasteiger partial charge is 0.478 e. The van der Waals surface area contributed by atoms with Crippen molar-refractivity contribution in [2.24, 2.45) is 5.41 Å². The summed E-state index contributed by atoms with van der Waals surface area (Å²) >= 11 is 0. The summed E-state index contributed by atoms with van der Waals surface area (Å²) in [6, 6.07) is 5.17. The van der Waals surface area contributed by atoms with Gasteiger partial charge in [-0.15, -0.1) is 0 Å². The average molecular weight is 293 g/mol. The van der Waals surface area contributed by atoms with E-state index in [-0.39, 0.29) is 11.5 Å². The number of hydrogen-bond donors (Lipinski definition) is 2. The van der Waals surface area contributed by atoms with Crippen LogP contribution in [0.2, 0.25) is 0 Å². The normalized spacial score (nSPS) is 25.2. The first-order chi connectivity index (χ1) is 10.6. The molecule has 22 heavy (non-hydrogen) atoms. The van der Waals surface area contributed by atoms with Crippen LogP contribution in [0.15, 0.2) is 53.8 Å². The van der Waals surface area contributed by atoms with Crippen LogP contribution in [-0.2, 0) is 17.6 Å². The van der Waals surface area contributed by atoms with Crippen LogP contribution in [0.25, 0.3) is 0 Å². The van der Waals surface area contributed by atoms with Crippen LogP contribution >= 0.6 is 0 Å². The fourth-order valence-electron chi connectivity index (χ4n) is 3.73. The third kappa shape index (κ3) is 1.70. The Kier molecular flexibility index (Phi) is 2.64. The summed E-state index contributed by atoms with van der Waals surface area (Å²) < 4.78 is 0. The molecule has 1 aliphatic heterocycles. The van der Waals surface area contributed by atoms with Gasteiger partial charge in [0.15, 0.2) is 0 Å². The van der Waals surface area contributed by atoms with Gasteiger partial charge in [-0.1, -0.05) is 30.4 Å². The number of nitrogens with one attached hydrogen (secondary N) is 1. The molecule has 4 rings (SSSR count). The van der Waals surface area contributed by atoms with Gasteiger partial charge in [-0.2, -0.15) is 0 Å². The molecule has 110 valence electrons. The van der Waals surface area contributed by atoms with Crippen molar-refractivity contribution in [3.05, 3.63) is 70.5 Å². The van der Waals surface area contributed by atoms with Crippen molar-refractivity contribution in [1.82, 2.24) is 5.32 Å². The Morgan fingerprint density at radius 3 is 2.82 bits per heavy atom. The Morgan fingerprint density at radius 1 is 1.18 bits per heavy atom. The minimum Gasteiger partial charge on any atom is -0.478 e. The zero-order valence-corrected chi connectivity index (χ0v) is 11.9. The molecule has 0 bridgehead atoms. The molecule has 4 nitrogen and oxygen atoms in total. The van der Waals surface area contributed by atoms with Crippen molar-refractivity contribution in [2.75, 3.05) is 0 Å². The van der Waals surface area contributed by atoms with Gasteiger partial charge in [0.1, 0.15) is 0 Å². The quantitative estimate of drug-likeness (QED) is 0.835. The molecule has 2 aliphatic carbocycles. The molecule has 1 aromatic rings. The van der Waals surface area contributed by atoms with E-state index in [1.807, 2.05) is 30.4 Å². The van der Waals surface area contributed by atoms with E-state index in [0.29, 0.717) is 12.8 Å². The van der Waals surface area contributed by atoms with Gasteiger partial charge in [-0.05, 0) is 41.7 Å². The topological polar surface area (TPSA) is 66.4 Å². The molecular formula is C18H15NO3. The van der Waals surface area contributed by atoms with Crippen molar-refractivity contribution in [1.29, 1.82) is 0 Å². The zero-order valence-electron chi connectivity index (χ0n) is 11.9. The molecule has 1 unspecified atom stereocenters. The third-order valence-corrected chi connectivity index (χ3v) is 4.81. The number of carboxylic acids is 1. The first-order valence-electron chi connectivity index (χ1n) is 7.33. The lowest BCUT2D eigenvalue weighted by molar-refractivity contribution is -0.126. The van der Waals surface area contributed by atoms with Crippen molar-refractivity contribution < 1.29 is 14.7 Å². The number of fused-ring (bicyclic) bond motifs is 2. The molecule has 1 aromatic carbocycles. The van der Waals surface area contributed by atoms with Gasteiger partial charge in [0.2, 0.25) is 5.91 Å². The number of allylic oxidation sites excluding steroid dienone is 4. The number of carboxylic acid groups (broad SMARTS) is 1. The minimum absolute atomic E-state index is 0.0329. The highest BCUT2D eigenvalue weighted by Crippen LogP contribution is 2.48.